The summed E-state index contributed by atoms with van der Waals surface area (Å²) in [5.74, 6) is 0.895. The zero-order chi connectivity index (χ0) is 22.6. The van der Waals surface area contributed by atoms with E-state index in [1.807, 2.05) is 26.0 Å². The first-order valence-corrected chi connectivity index (χ1v) is 11.8. The van der Waals surface area contributed by atoms with Crippen molar-refractivity contribution in [1.82, 2.24) is 4.57 Å². The van der Waals surface area contributed by atoms with Crippen molar-refractivity contribution in [3.8, 4) is 17.2 Å². The summed E-state index contributed by atoms with van der Waals surface area (Å²) >= 11 is 0. The molecule has 0 aliphatic carbocycles. The molecule has 1 N–H and O–H groups in total. The molecule has 2 aromatic rings. The Balaban J connectivity index is 2.47. The maximum Gasteiger partial charge on any atom is 0.297 e. The Bertz CT molecular complexity index is 910. The lowest BCUT2D eigenvalue weighted by Gasteiger charge is -2.18. The number of allylic oxidation sites excluding steroid dienone is 1. The molecule has 0 saturated heterocycles. The number of aryl methyl sites for hydroxylation is 1. The largest absolute Gasteiger partial charge is 0.508 e. The van der Waals surface area contributed by atoms with Crippen LogP contribution in [0, 0.1) is 0 Å². The maximum absolute atomic E-state index is 13.4. The zero-order valence-electron chi connectivity index (χ0n) is 19.7. The molecule has 0 bridgehead atoms. The molecule has 172 valence electrons. The monoisotopic (exact) mass is 429 g/mol. The van der Waals surface area contributed by atoms with Gasteiger partial charge in [0.05, 0.1) is 12.1 Å². The summed E-state index contributed by atoms with van der Waals surface area (Å²) in [5.41, 5.74) is 1.63. The number of nitrogens with zero attached hydrogens (tertiary/aromatic N) is 1. The van der Waals surface area contributed by atoms with Crippen LogP contribution in [0.25, 0.3) is 10.9 Å². The van der Waals surface area contributed by atoms with E-state index in [-0.39, 0.29) is 17.1 Å². The Morgan fingerprint density at radius 2 is 1.68 bits per heavy atom. The molecule has 31 heavy (non-hydrogen) atoms. The molecule has 0 atom stereocenters. The number of aromatic nitrogens is 1. The van der Waals surface area contributed by atoms with Crippen molar-refractivity contribution in [1.29, 1.82) is 0 Å². The molecule has 5 nitrogen and oxygen atoms in total. The lowest BCUT2D eigenvalue weighted by Crippen LogP contribution is -2.24. The van der Waals surface area contributed by atoms with Crippen LogP contribution in [0.1, 0.15) is 79.1 Å². The second-order valence-corrected chi connectivity index (χ2v) is 8.38. The normalized spacial score (nSPS) is 11.0. The van der Waals surface area contributed by atoms with Gasteiger partial charge in [0, 0.05) is 18.0 Å². The maximum atomic E-state index is 13.4. The summed E-state index contributed by atoms with van der Waals surface area (Å²) in [6, 6.07) is 5.11. The quantitative estimate of drug-likeness (QED) is 0.272. The number of aromatic hydroxyl groups is 1. The Morgan fingerprint density at radius 3 is 2.35 bits per heavy atom. The van der Waals surface area contributed by atoms with Crippen molar-refractivity contribution in [3.63, 3.8) is 0 Å². The molecule has 1 aromatic heterocycles. The topological polar surface area (TPSA) is 60.7 Å². The molecule has 5 heteroatoms. The molecule has 0 radical (unpaired) electrons. The van der Waals surface area contributed by atoms with Gasteiger partial charge in [0.25, 0.3) is 5.56 Å². The van der Waals surface area contributed by atoms with Gasteiger partial charge in [-0.25, -0.2) is 0 Å². The fraction of sp³-hybridized carbons (Fsp3) is 0.577. The molecule has 0 amide bonds. The molecular formula is C26H39NO4. The Hall–Kier alpha value is -2.43. The molecule has 0 saturated carbocycles. The summed E-state index contributed by atoms with van der Waals surface area (Å²) < 4.78 is 13.8. The lowest BCUT2D eigenvalue weighted by molar-refractivity contribution is 0.275. The molecule has 0 fully saturated rings. The van der Waals surface area contributed by atoms with Crippen LogP contribution in [-0.2, 0) is 6.54 Å². The smallest absolute Gasteiger partial charge is 0.297 e. The highest BCUT2D eigenvalue weighted by molar-refractivity contribution is 5.89. The van der Waals surface area contributed by atoms with E-state index in [9.17, 15) is 9.90 Å². The molecule has 1 heterocycles. The number of hydrogen-bond acceptors (Lipinski definition) is 4. The van der Waals surface area contributed by atoms with Crippen molar-refractivity contribution in [2.75, 3.05) is 13.2 Å². The fourth-order valence-electron chi connectivity index (χ4n) is 3.57. The van der Waals surface area contributed by atoms with Crippen molar-refractivity contribution >= 4 is 10.9 Å². The Labute approximate surface area is 186 Å². The van der Waals surface area contributed by atoms with Crippen molar-refractivity contribution in [3.05, 3.63) is 40.2 Å². The molecule has 1 aromatic carbocycles. The van der Waals surface area contributed by atoms with Gasteiger partial charge in [0.2, 0.25) is 5.75 Å². The van der Waals surface area contributed by atoms with E-state index in [2.05, 4.69) is 13.8 Å². The van der Waals surface area contributed by atoms with Gasteiger partial charge >= 0.3 is 0 Å². The number of phenolic OH excluding ortho intramolecular Hbond substituents is 1. The molecule has 0 aliphatic heterocycles. The van der Waals surface area contributed by atoms with Crippen LogP contribution >= 0.6 is 0 Å². The van der Waals surface area contributed by atoms with Gasteiger partial charge in [0.15, 0.2) is 5.75 Å². The first-order chi connectivity index (χ1) is 15.0. The Kier molecular flexibility index (Phi) is 10.5. The average molecular weight is 430 g/mol. The van der Waals surface area contributed by atoms with Crippen molar-refractivity contribution in [2.45, 2.75) is 85.6 Å². The van der Waals surface area contributed by atoms with Crippen molar-refractivity contribution < 1.29 is 14.6 Å². The SMILES string of the molecule is CCCCCCOc1c(OCC=C(C)C)c(=O)n(CCCCCC)c2cc(O)ccc12. The van der Waals surface area contributed by atoms with Gasteiger partial charge in [-0.2, -0.15) is 0 Å². The lowest BCUT2D eigenvalue weighted by atomic mass is 10.1. The first kappa shape index (κ1) is 24.8. The van der Waals surface area contributed by atoms with E-state index in [0.717, 1.165) is 55.9 Å². The summed E-state index contributed by atoms with van der Waals surface area (Å²) in [6.07, 6.45) is 10.6. The van der Waals surface area contributed by atoms with Gasteiger partial charge in [-0.1, -0.05) is 57.9 Å². The standard InChI is InChI=1S/C26H39NO4/c1-5-7-9-11-16-27-23-19-21(28)13-14-22(23)24(30-17-12-10-8-6-2)25(26(27)29)31-18-15-20(3)4/h13-15,19,28H,5-12,16-18H2,1-4H3. The minimum Gasteiger partial charge on any atom is -0.508 e. The second-order valence-electron chi connectivity index (χ2n) is 8.38. The first-order valence-electron chi connectivity index (χ1n) is 11.8. The number of pyridine rings is 1. The molecule has 0 spiro atoms. The third-order valence-electron chi connectivity index (χ3n) is 5.36. The highest BCUT2D eigenvalue weighted by Crippen LogP contribution is 2.35. The number of benzene rings is 1. The number of hydrogen-bond donors (Lipinski definition) is 1. The van der Waals surface area contributed by atoms with E-state index in [1.165, 1.54) is 6.42 Å². The van der Waals surface area contributed by atoms with Gasteiger partial charge < -0.3 is 19.1 Å². The van der Waals surface area contributed by atoms with E-state index in [0.29, 0.717) is 31.0 Å². The van der Waals surface area contributed by atoms with E-state index < -0.39 is 0 Å². The van der Waals surface area contributed by atoms with Crippen LogP contribution in [0.5, 0.6) is 17.2 Å². The Morgan fingerprint density at radius 1 is 0.968 bits per heavy atom. The number of unbranched alkanes of at least 4 members (excludes halogenated alkanes) is 6. The van der Waals surface area contributed by atoms with Crippen LogP contribution in [0.15, 0.2) is 34.6 Å². The van der Waals surface area contributed by atoms with E-state index in [1.54, 1.807) is 16.7 Å². The summed E-state index contributed by atoms with van der Waals surface area (Å²) in [5, 5.41) is 10.9. The van der Waals surface area contributed by atoms with E-state index in [4.69, 9.17) is 9.47 Å². The molecule has 0 unspecified atom stereocenters. The summed E-state index contributed by atoms with van der Waals surface area (Å²) in [6.45, 7) is 9.80. The third-order valence-corrected chi connectivity index (χ3v) is 5.36. The van der Waals surface area contributed by atoms with E-state index >= 15 is 0 Å². The van der Waals surface area contributed by atoms with Gasteiger partial charge in [-0.3, -0.25) is 4.79 Å². The van der Waals surface area contributed by atoms with Crippen LogP contribution in [0.3, 0.4) is 0 Å². The van der Waals surface area contributed by atoms with Crippen LogP contribution < -0.4 is 15.0 Å². The van der Waals surface area contributed by atoms with Crippen LogP contribution in [-0.4, -0.2) is 22.9 Å². The number of phenols is 1. The highest BCUT2D eigenvalue weighted by Gasteiger charge is 2.20. The predicted octanol–water partition coefficient (Wildman–Crippen LogP) is 6.59. The second kappa shape index (κ2) is 13.1. The summed E-state index contributed by atoms with van der Waals surface area (Å²) in [4.78, 5) is 13.4. The summed E-state index contributed by atoms with van der Waals surface area (Å²) in [7, 11) is 0. The molecular weight excluding hydrogens is 390 g/mol. The van der Waals surface area contributed by atoms with Gasteiger partial charge in [-0.15, -0.1) is 0 Å². The van der Waals surface area contributed by atoms with Crippen LogP contribution in [0.4, 0.5) is 0 Å². The molecule has 0 aliphatic rings. The minimum atomic E-state index is -0.194. The van der Waals surface area contributed by atoms with Crippen molar-refractivity contribution in [2.24, 2.45) is 0 Å². The highest BCUT2D eigenvalue weighted by atomic mass is 16.5. The average Bonchev–Trinajstić information content (AvgIpc) is 2.74. The minimum absolute atomic E-state index is 0.140. The third kappa shape index (κ3) is 7.34. The zero-order valence-corrected chi connectivity index (χ0v) is 19.7. The fourth-order valence-corrected chi connectivity index (χ4v) is 3.57. The molecule has 2 rings (SSSR count). The van der Waals surface area contributed by atoms with Gasteiger partial charge in [0.1, 0.15) is 12.4 Å². The predicted molar refractivity (Wildman–Crippen MR) is 129 cm³/mol. The number of rotatable bonds is 14. The number of ether oxygens (including phenoxy) is 2. The number of fused-ring (bicyclic) bond motifs is 1. The van der Waals surface area contributed by atoms with Crippen LogP contribution in [0.2, 0.25) is 0 Å². The van der Waals surface area contributed by atoms with Gasteiger partial charge in [-0.05, 0) is 44.9 Å².